The summed E-state index contributed by atoms with van der Waals surface area (Å²) in [5, 5.41) is 4.75. The van der Waals surface area contributed by atoms with E-state index >= 15 is 0 Å². The van der Waals surface area contributed by atoms with Gasteiger partial charge in [-0.25, -0.2) is 0 Å². The monoisotopic (exact) mass is 401 g/mol. The maximum Gasteiger partial charge on any atom is 0.265 e. The minimum absolute atomic E-state index is 0.00748. The Hall–Kier alpha value is -2.18. The Morgan fingerprint density at radius 2 is 1.82 bits per heavy atom. The predicted molar refractivity (Wildman–Crippen MR) is 117 cm³/mol. The average molecular weight is 402 g/mol. The van der Waals surface area contributed by atoms with E-state index in [1.807, 2.05) is 34.5 Å². The van der Waals surface area contributed by atoms with Gasteiger partial charge in [0.05, 0.1) is 4.88 Å². The van der Waals surface area contributed by atoms with E-state index < -0.39 is 0 Å². The fraction of sp³-hybridized carbons (Fsp3) is 0.455. The summed E-state index contributed by atoms with van der Waals surface area (Å²) < 4.78 is 0. The summed E-state index contributed by atoms with van der Waals surface area (Å²) in [5.74, 6) is 0.246. The van der Waals surface area contributed by atoms with Gasteiger partial charge in [0.25, 0.3) is 11.8 Å². The van der Waals surface area contributed by atoms with Gasteiger partial charge in [0.1, 0.15) is 0 Å². The molecule has 0 fully saturated rings. The zero-order valence-corrected chi connectivity index (χ0v) is 18.1. The van der Waals surface area contributed by atoms with Crippen LogP contribution in [0.2, 0.25) is 0 Å². The van der Waals surface area contributed by atoms with E-state index in [9.17, 15) is 9.59 Å². The molecule has 152 valence electrons. The van der Waals surface area contributed by atoms with Crippen molar-refractivity contribution in [2.45, 2.75) is 27.7 Å². The van der Waals surface area contributed by atoms with Gasteiger partial charge < -0.3 is 15.1 Å². The quantitative estimate of drug-likeness (QED) is 0.640. The van der Waals surface area contributed by atoms with Crippen molar-refractivity contribution < 1.29 is 9.59 Å². The van der Waals surface area contributed by atoms with Crippen LogP contribution in [0.5, 0.6) is 0 Å². The summed E-state index contributed by atoms with van der Waals surface area (Å²) in [7, 11) is 0. The minimum Gasteiger partial charge on any atom is -0.337 e. The Labute approximate surface area is 172 Å². The summed E-state index contributed by atoms with van der Waals surface area (Å²) in [4.78, 5) is 30.3. The summed E-state index contributed by atoms with van der Waals surface area (Å²) in [5.41, 5.74) is 1.24. The molecular formula is C22H31N3O2S. The molecule has 28 heavy (non-hydrogen) atoms. The molecule has 0 bridgehead atoms. The number of nitrogens with zero attached hydrogens (tertiary/aromatic N) is 2. The van der Waals surface area contributed by atoms with Gasteiger partial charge in [0, 0.05) is 30.9 Å². The van der Waals surface area contributed by atoms with Crippen LogP contribution in [-0.2, 0) is 0 Å². The van der Waals surface area contributed by atoms with Gasteiger partial charge in [-0.3, -0.25) is 9.59 Å². The molecule has 1 aromatic carbocycles. The highest BCUT2D eigenvalue weighted by Gasteiger charge is 2.18. The zero-order valence-electron chi connectivity index (χ0n) is 17.3. The van der Waals surface area contributed by atoms with Crippen LogP contribution in [0.15, 0.2) is 41.8 Å². The van der Waals surface area contributed by atoms with Crippen molar-refractivity contribution >= 4 is 28.8 Å². The fourth-order valence-electron chi connectivity index (χ4n) is 3.03. The van der Waals surface area contributed by atoms with Crippen molar-refractivity contribution in [3.05, 3.63) is 52.2 Å². The van der Waals surface area contributed by atoms with Crippen LogP contribution >= 0.6 is 11.3 Å². The predicted octanol–water partition coefficient (Wildman–Crippen LogP) is 4.44. The number of benzene rings is 1. The van der Waals surface area contributed by atoms with Crippen molar-refractivity contribution in [1.82, 2.24) is 9.80 Å². The molecule has 2 amide bonds. The van der Waals surface area contributed by atoms with E-state index in [4.69, 9.17) is 0 Å². The molecule has 1 aromatic heterocycles. The highest BCUT2D eigenvalue weighted by molar-refractivity contribution is 7.12. The lowest BCUT2D eigenvalue weighted by molar-refractivity contribution is 0.0716. The Morgan fingerprint density at radius 1 is 1.07 bits per heavy atom. The number of hydrogen-bond donors (Lipinski definition) is 1. The first-order valence-corrected chi connectivity index (χ1v) is 10.8. The summed E-state index contributed by atoms with van der Waals surface area (Å²) in [6.45, 7) is 12.7. The molecule has 0 radical (unpaired) electrons. The maximum atomic E-state index is 13.1. The molecular weight excluding hydrogens is 370 g/mol. The molecule has 2 aromatic rings. The Morgan fingerprint density at radius 3 is 2.43 bits per heavy atom. The van der Waals surface area contributed by atoms with E-state index in [1.54, 1.807) is 12.1 Å². The van der Waals surface area contributed by atoms with Crippen LogP contribution in [0.25, 0.3) is 0 Å². The minimum atomic E-state index is -0.153. The average Bonchev–Trinajstić information content (AvgIpc) is 3.22. The topological polar surface area (TPSA) is 52.6 Å². The highest BCUT2D eigenvalue weighted by atomic mass is 32.1. The Bertz CT molecular complexity index is 755. The van der Waals surface area contributed by atoms with Crippen LogP contribution < -0.4 is 5.32 Å². The van der Waals surface area contributed by atoms with Crippen molar-refractivity contribution in [2.24, 2.45) is 5.92 Å². The number of nitrogens with one attached hydrogen (secondary N) is 1. The first kappa shape index (κ1) is 22.1. The third kappa shape index (κ3) is 6.46. The van der Waals surface area contributed by atoms with Crippen LogP contribution in [-0.4, -0.2) is 54.3 Å². The summed E-state index contributed by atoms with van der Waals surface area (Å²) >= 11 is 1.39. The molecule has 0 atom stereocenters. The zero-order chi connectivity index (χ0) is 20.5. The maximum absolute atomic E-state index is 13.1. The summed E-state index contributed by atoms with van der Waals surface area (Å²) in [6, 6.07) is 10.8. The molecule has 0 aliphatic carbocycles. The van der Waals surface area contributed by atoms with Crippen LogP contribution in [0.4, 0.5) is 5.69 Å². The molecule has 0 spiro atoms. The Kier molecular flexibility index (Phi) is 8.67. The largest absolute Gasteiger partial charge is 0.337 e. The van der Waals surface area contributed by atoms with Crippen molar-refractivity contribution in [2.75, 3.05) is 38.0 Å². The first-order valence-electron chi connectivity index (χ1n) is 9.91. The molecule has 2 rings (SSSR count). The molecule has 0 unspecified atom stereocenters. The molecule has 0 saturated carbocycles. The van der Waals surface area contributed by atoms with Gasteiger partial charge in [-0.2, -0.15) is 0 Å². The number of anilines is 1. The lowest BCUT2D eigenvalue weighted by atomic mass is 10.1. The van der Waals surface area contributed by atoms with Crippen molar-refractivity contribution in [1.29, 1.82) is 0 Å². The van der Waals surface area contributed by atoms with E-state index in [0.717, 1.165) is 19.6 Å². The molecule has 6 heteroatoms. The Balaban J connectivity index is 2.11. The third-order valence-electron chi connectivity index (χ3n) is 4.57. The molecule has 5 nitrogen and oxygen atoms in total. The van der Waals surface area contributed by atoms with Gasteiger partial charge in [-0.15, -0.1) is 11.3 Å². The molecule has 0 saturated heterocycles. The number of thiophene rings is 1. The number of amides is 2. The fourth-order valence-corrected chi connectivity index (χ4v) is 3.65. The molecule has 0 aliphatic rings. The number of carbonyl (C=O) groups is 2. The van der Waals surface area contributed by atoms with Gasteiger partial charge >= 0.3 is 0 Å². The second kappa shape index (κ2) is 11.0. The van der Waals surface area contributed by atoms with Crippen molar-refractivity contribution in [3.63, 3.8) is 0 Å². The first-order chi connectivity index (χ1) is 13.4. The lowest BCUT2D eigenvalue weighted by Gasteiger charge is -2.28. The van der Waals surface area contributed by atoms with E-state index in [1.165, 1.54) is 11.3 Å². The number of rotatable bonds is 10. The summed E-state index contributed by atoms with van der Waals surface area (Å²) in [6.07, 6.45) is 0. The van der Waals surface area contributed by atoms with E-state index in [-0.39, 0.29) is 11.8 Å². The molecule has 1 heterocycles. The normalized spacial score (nSPS) is 11.1. The third-order valence-corrected chi connectivity index (χ3v) is 5.43. The highest BCUT2D eigenvalue weighted by Crippen LogP contribution is 2.17. The van der Waals surface area contributed by atoms with Gasteiger partial charge in [-0.1, -0.05) is 39.8 Å². The lowest BCUT2D eigenvalue weighted by Crippen LogP contribution is -2.40. The van der Waals surface area contributed by atoms with Gasteiger partial charge in [-0.05, 0) is 48.7 Å². The van der Waals surface area contributed by atoms with Crippen LogP contribution in [0.3, 0.4) is 0 Å². The van der Waals surface area contributed by atoms with E-state index in [2.05, 4.69) is 37.9 Å². The van der Waals surface area contributed by atoms with Crippen LogP contribution in [0, 0.1) is 5.92 Å². The second-order valence-electron chi connectivity index (χ2n) is 7.18. The SMILES string of the molecule is CCN(CC)CCN(CC(C)C)C(=O)c1cccc(NC(=O)c2cccs2)c1. The smallest absolute Gasteiger partial charge is 0.265 e. The van der Waals surface area contributed by atoms with Gasteiger partial charge in [0.2, 0.25) is 0 Å². The number of likely N-dealkylation sites (N-methyl/N-ethyl adjacent to an activating group) is 1. The molecule has 0 aliphatic heterocycles. The number of carbonyl (C=O) groups excluding carboxylic acids is 2. The molecule has 1 N–H and O–H groups in total. The van der Waals surface area contributed by atoms with E-state index in [0.29, 0.717) is 35.1 Å². The van der Waals surface area contributed by atoms with Gasteiger partial charge in [0.15, 0.2) is 0 Å². The second-order valence-corrected chi connectivity index (χ2v) is 8.13. The standard InChI is InChI=1S/C22H31N3O2S/c1-5-24(6-2)12-13-25(16-17(3)4)22(27)18-9-7-10-19(15-18)23-21(26)20-11-8-14-28-20/h7-11,14-15,17H,5-6,12-13,16H2,1-4H3,(H,23,26). The van der Waals surface area contributed by atoms with Crippen molar-refractivity contribution in [3.8, 4) is 0 Å². The number of hydrogen-bond acceptors (Lipinski definition) is 4. The van der Waals surface area contributed by atoms with Crippen LogP contribution in [0.1, 0.15) is 47.7 Å².